The van der Waals surface area contributed by atoms with Crippen molar-refractivity contribution in [1.29, 1.82) is 0 Å². The Morgan fingerprint density at radius 3 is 2.37 bits per heavy atom. The van der Waals surface area contributed by atoms with Crippen LogP contribution in [0.4, 0.5) is 5.82 Å². The van der Waals surface area contributed by atoms with E-state index in [9.17, 15) is 15.0 Å². The number of likely N-dealkylation sites (tertiary alicyclic amines) is 1. The van der Waals surface area contributed by atoms with Crippen molar-refractivity contribution >= 4 is 11.7 Å². The highest BCUT2D eigenvalue weighted by atomic mass is 16.6. The highest BCUT2D eigenvalue weighted by Crippen LogP contribution is 2.58. The van der Waals surface area contributed by atoms with Crippen molar-refractivity contribution in [3.63, 3.8) is 0 Å². The Balaban J connectivity index is 1.09. The number of aromatic nitrogens is 4. The van der Waals surface area contributed by atoms with Gasteiger partial charge in [0.15, 0.2) is 0 Å². The maximum absolute atomic E-state index is 14.6. The number of β-amino-alcohol motifs (C(OH)–C–C–N with tert-alkyl or cyclic N) is 1. The highest BCUT2D eigenvalue weighted by molar-refractivity contribution is 5.95. The molecular weight excluding hydrogens is 620 g/mol. The number of ether oxygens (including phenoxy) is 2. The number of fused-ring (bicyclic) bond motifs is 3. The lowest BCUT2D eigenvalue weighted by Crippen LogP contribution is -2.57. The molecule has 11 heteroatoms. The van der Waals surface area contributed by atoms with E-state index in [1.165, 1.54) is 5.69 Å². The number of aryl methyl sites for hydroxylation is 1. The summed E-state index contributed by atoms with van der Waals surface area (Å²) in [4.78, 5) is 28.2. The first kappa shape index (κ1) is 34.1. The van der Waals surface area contributed by atoms with E-state index in [-0.39, 0.29) is 34.8 Å². The van der Waals surface area contributed by atoms with Crippen LogP contribution in [0.1, 0.15) is 95.5 Å². The van der Waals surface area contributed by atoms with Gasteiger partial charge in [-0.15, -0.1) is 0 Å². The maximum Gasteiger partial charge on any atom is 0.231 e. The number of aliphatic hydroxyl groups is 2. The summed E-state index contributed by atoms with van der Waals surface area (Å²) >= 11 is 0. The molecule has 1 amide bonds. The van der Waals surface area contributed by atoms with Crippen LogP contribution in [0.5, 0.6) is 5.75 Å². The van der Waals surface area contributed by atoms with E-state index >= 15 is 0 Å². The van der Waals surface area contributed by atoms with Gasteiger partial charge in [-0.3, -0.25) is 24.3 Å². The molecule has 1 unspecified atom stereocenters. The summed E-state index contributed by atoms with van der Waals surface area (Å²) in [6.07, 6.45) is 13.4. The fourth-order valence-corrected chi connectivity index (χ4v) is 8.66. The average molecular weight is 673 g/mol. The molecule has 264 valence electrons. The Bertz CT molecular complexity index is 1600. The third-order valence-electron chi connectivity index (χ3n) is 12.0. The van der Waals surface area contributed by atoms with Gasteiger partial charge in [-0.1, -0.05) is 0 Å². The molecule has 4 saturated carbocycles. The molecule has 0 radical (unpaired) electrons. The quantitative estimate of drug-likeness (QED) is 0.258. The second-order valence-corrected chi connectivity index (χ2v) is 15.4. The van der Waals surface area contributed by atoms with Crippen molar-refractivity contribution in [2.75, 3.05) is 31.6 Å². The van der Waals surface area contributed by atoms with Crippen molar-refractivity contribution in [1.82, 2.24) is 24.6 Å². The Hall–Kier alpha value is -3.38. The first-order chi connectivity index (χ1) is 23.6. The number of nitrogens with zero attached hydrogens (tertiary/aromatic N) is 6. The number of anilines is 1. The average Bonchev–Trinajstić information content (AvgIpc) is 3.61. The SMILES string of the molecule is COc1ccc(C23CCC(CN(C(=O)C4CCC(OC(O)N5CC(O)C5)CC4)c4cc(-c5cnn(C(C)C)c5)ccn4)(CC2)CC3)nc1C. The van der Waals surface area contributed by atoms with Gasteiger partial charge in [0, 0.05) is 60.7 Å². The van der Waals surface area contributed by atoms with Crippen LogP contribution < -0.4 is 9.64 Å². The highest BCUT2D eigenvalue weighted by Gasteiger charge is 2.51. The van der Waals surface area contributed by atoms with Gasteiger partial charge < -0.3 is 19.7 Å². The van der Waals surface area contributed by atoms with Gasteiger partial charge in [0.2, 0.25) is 12.3 Å². The minimum atomic E-state index is -1.01. The molecule has 1 aliphatic heterocycles. The number of hydrogen-bond donors (Lipinski definition) is 2. The lowest BCUT2D eigenvalue weighted by atomic mass is 9.52. The minimum absolute atomic E-state index is 0.0331. The van der Waals surface area contributed by atoms with Crippen molar-refractivity contribution in [2.24, 2.45) is 11.3 Å². The fraction of sp³-hybridized carbons (Fsp3) is 0.632. The molecule has 0 aromatic carbocycles. The van der Waals surface area contributed by atoms with Crippen molar-refractivity contribution in [3.05, 3.63) is 54.2 Å². The molecule has 1 atom stereocenters. The lowest BCUT2D eigenvalue weighted by molar-refractivity contribution is -0.254. The number of carbonyl (C=O) groups excluding carboxylic acids is 1. The van der Waals surface area contributed by atoms with E-state index in [2.05, 4.69) is 43.3 Å². The van der Waals surface area contributed by atoms with Crippen LogP contribution in [0, 0.1) is 18.3 Å². The first-order valence-electron chi connectivity index (χ1n) is 18.2. The maximum atomic E-state index is 14.6. The summed E-state index contributed by atoms with van der Waals surface area (Å²) in [5.74, 6) is 1.53. The number of amides is 1. The molecule has 1 saturated heterocycles. The van der Waals surface area contributed by atoms with E-state index in [1.54, 1.807) is 12.0 Å². The van der Waals surface area contributed by atoms with E-state index in [0.717, 1.165) is 61.1 Å². The normalized spacial score (nSPS) is 28.0. The third kappa shape index (κ3) is 6.87. The van der Waals surface area contributed by atoms with Gasteiger partial charge >= 0.3 is 0 Å². The van der Waals surface area contributed by atoms with Gasteiger partial charge in [0.05, 0.1) is 31.2 Å². The summed E-state index contributed by atoms with van der Waals surface area (Å²) < 4.78 is 13.4. The molecule has 2 bridgehead atoms. The largest absolute Gasteiger partial charge is 0.495 e. The van der Waals surface area contributed by atoms with Gasteiger partial charge in [-0.2, -0.15) is 5.10 Å². The molecule has 8 rings (SSSR count). The van der Waals surface area contributed by atoms with Crippen LogP contribution in [0.2, 0.25) is 0 Å². The van der Waals surface area contributed by atoms with Crippen LogP contribution in [0.15, 0.2) is 42.9 Å². The van der Waals surface area contributed by atoms with Crippen LogP contribution >= 0.6 is 0 Å². The molecule has 2 N–H and O–H groups in total. The minimum Gasteiger partial charge on any atom is -0.495 e. The summed E-state index contributed by atoms with van der Waals surface area (Å²) in [6, 6.07) is 8.52. The molecule has 3 aromatic heterocycles. The molecule has 3 aromatic rings. The number of methoxy groups -OCH3 is 1. The predicted molar refractivity (Wildman–Crippen MR) is 186 cm³/mol. The summed E-state index contributed by atoms with van der Waals surface area (Å²) in [5.41, 5.74) is 4.24. The molecular formula is C38H52N6O5. The van der Waals surface area contributed by atoms with Crippen molar-refractivity contribution in [3.8, 4) is 16.9 Å². The molecule has 5 fully saturated rings. The van der Waals surface area contributed by atoms with E-state index < -0.39 is 12.5 Å². The third-order valence-corrected chi connectivity index (χ3v) is 12.0. The Morgan fingerprint density at radius 2 is 1.76 bits per heavy atom. The summed E-state index contributed by atoms with van der Waals surface area (Å²) in [7, 11) is 1.69. The zero-order valence-corrected chi connectivity index (χ0v) is 29.4. The van der Waals surface area contributed by atoms with Crippen molar-refractivity contribution < 1.29 is 24.5 Å². The molecule has 5 aliphatic rings. The number of rotatable bonds is 11. The summed E-state index contributed by atoms with van der Waals surface area (Å²) in [5, 5.41) is 24.6. The smallest absolute Gasteiger partial charge is 0.231 e. The van der Waals surface area contributed by atoms with Crippen LogP contribution in [-0.2, 0) is 14.9 Å². The van der Waals surface area contributed by atoms with Gasteiger partial charge in [0.25, 0.3) is 0 Å². The molecule has 0 spiro atoms. The van der Waals surface area contributed by atoms with Gasteiger partial charge in [-0.25, -0.2) is 4.98 Å². The van der Waals surface area contributed by atoms with E-state index in [1.807, 2.05) is 35.0 Å². The number of aliphatic hydroxyl groups excluding tert-OH is 2. The Kier molecular flexibility index (Phi) is 9.55. The Labute approximate surface area is 289 Å². The van der Waals surface area contributed by atoms with Crippen molar-refractivity contribution in [2.45, 2.75) is 115 Å². The predicted octanol–water partition coefficient (Wildman–Crippen LogP) is 5.39. The lowest BCUT2D eigenvalue weighted by Gasteiger charge is -2.54. The first-order valence-corrected chi connectivity index (χ1v) is 18.2. The topological polar surface area (TPSA) is 126 Å². The monoisotopic (exact) mass is 672 g/mol. The van der Waals surface area contributed by atoms with Crippen LogP contribution in [-0.4, -0.2) is 86.1 Å². The number of pyridine rings is 2. The van der Waals surface area contributed by atoms with Crippen LogP contribution in [0.25, 0.3) is 11.1 Å². The summed E-state index contributed by atoms with van der Waals surface area (Å²) in [6.45, 7) is 7.75. The van der Waals surface area contributed by atoms with Crippen LogP contribution in [0.3, 0.4) is 0 Å². The molecule has 4 aliphatic carbocycles. The zero-order chi connectivity index (χ0) is 34.3. The standard InChI is InChI=1S/C38H52N6O5/c1-25(2)44-21-29(20-40-44)28-11-18-39-34(19-28)43(35(46)27-5-7-31(8-6-27)49-36(47)42-22-30(45)23-42)24-37-12-15-38(16-13-37,17-14-37)33-10-9-32(48-4)26(3)41-33/h9-11,18-21,25,27,30-31,36,45,47H,5-8,12-17,22-24H2,1-4H3. The molecule has 49 heavy (non-hydrogen) atoms. The number of carbonyl (C=O) groups is 1. The van der Waals surface area contributed by atoms with Gasteiger partial charge in [-0.05, 0) is 120 Å². The Morgan fingerprint density at radius 1 is 1.04 bits per heavy atom. The van der Waals surface area contributed by atoms with Gasteiger partial charge in [0.1, 0.15) is 11.6 Å². The zero-order valence-electron chi connectivity index (χ0n) is 29.4. The molecule has 4 heterocycles. The second-order valence-electron chi connectivity index (χ2n) is 15.4. The molecule has 11 nitrogen and oxygen atoms in total. The second kappa shape index (κ2) is 13.7. The number of hydrogen-bond acceptors (Lipinski definition) is 9. The van der Waals surface area contributed by atoms with E-state index in [0.29, 0.717) is 51.1 Å². The fourth-order valence-electron chi connectivity index (χ4n) is 8.66. The van der Waals surface area contributed by atoms with E-state index in [4.69, 9.17) is 19.4 Å².